The van der Waals surface area contributed by atoms with Crippen LogP contribution < -0.4 is 4.74 Å². The van der Waals surface area contributed by atoms with Gasteiger partial charge in [-0.2, -0.15) is 4.39 Å². The summed E-state index contributed by atoms with van der Waals surface area (Å²) in [5, 5.41) is 20.3. The summed E-state index contributed by atoms with van der Waals surface area (Å²) in [4.78, 5) is 9.87. The van der Waals surface area contributed by atoms with Gasteiger partial charge in [-0.05, 0) is 18.2 Å². The number of hydrogen-bond acceptors (Lipinski definition) is 4. The molecule has 2 rings (SSSR count). The predicted octanol–water partition coefficient (Wildman–Crippen LogP) is 3.46. The van der Waals surface area contributed by atoms with E-state index >= 15 is 0 Å². The quantitative estimate of drug-likeness (QED) is 0.678. The molecule has 0 unspecified atom stereocenters. The highest BCUT2D eigenvalue weighted by molar-refractivity contribution is 6.30. The highest BCUT2D eigenvalue weighted by Crippen LogP contribution is 2.25. The van der Waals surface area contributed by atoms with Crippen molar-refractivity contribution in [3.8, 4) is 5.75 Å². The number of rotatable bonds is 5. The molecule has 2 aromatic carbocycles. The Morgan fingerprint density at radius 2 is 2.05 bits per heavy atom. The van der Waals surface area contributed by atoms with E-state index < -0.39 is 16.4 Å². The standard InChI is InChI=1S/C14H11ClFNO4/c15-11-4-5-13(10(6-11)7-18)21-8-9-2-1-3-12(14(9)16)17(19)20/h1-6,18H,7-8H2. The summed E-state index contributed by atoms with van der Waals surface area (Å²) >= 11 is 5.79. The van der Waals surface area contributed by atoms with Gasteiger partial charge in [0.15, 0.2) is 0 Å². The first kappa shape index (κ1) is 15.2. The van der Waals surface area contributed by atoms with E-state index in [1.165, 1.54) is 18.2 Å². The zero-order valence-corrected chi connectivity index (χ0v) is 11.5. The number of hydrogen-bond donors (Lipinski definition) is 1. The van der Waals surface area contributed by atoms with Gasteiger partial charge in [-0.1, -0.05) is 23.7 Å². The summed E-state index contributed by atoms with van der Waals surface area (Å²) < 4.78 is 19.3. The Kier molecular flexibility index (Phi) is 4.72. The number of aliphatic hydroxyl groups is 1. The Balaban J connectivity index is 2.21. The van der Waals surface area contributed by atoms with Crippen LogP contribution in [0.15, 0.2) is 36.4 Å². The molecule has 0 bridgehead atoms. The lowest BCUT2D eigenvalue weighted by Gasteiger charge is -2.11. The third-order valence-corrected chi connectivity index (χ3v) is 3.07. The first-order valence-corrected chi connectivity index (χ1v) is 6.34. The van der Waals surface area contributed by atoms with E-state index in [9.17, 15) is 19.6 Å². The van der Waals surface area contributed by atoms with Gasteiger partial charge in [0, 0.05) is 22.2 Å². The molecule has 0 radical (unpaired) electrons. The van der Waals surface area contributed by atoms with Gasteiger partial charge < -0.3 is 9.84 Å². The molecule has 0 aliphatic heterocycles. The Morgan fingerprint density at radius 1 is 1.29 bits per heavy atom. The lowest BCUT2D eigenvalue weighted by molar-refractivity contribution is -0.387. The van der Waals surface area contributed by atoms with Crippen molar-refractivity contribution in [2.24, 2.45) is 0 Å². The lowest BCUT2D eigenvalue weighted by atomic mass is 10.2. The zero-order chi connectivity index (χ0) is 15.4. The van der Waals surface area contributed by atoms with Crippen LogP contribution in [0.2, 0.25) is 5.02 Å². The van der Waals surface area contributed by atoms with Gasteiger partial charge in [-0.15, -0.1) is 0 Å². The fourth-order valence-corrected chi connectivity index (χ4v) is 1.98. The van der Waals surface area contributed by atoms with Gasteiger partial charge in [0.2, 0.25) is 5.82 Å². The first-order chi connectivity index (χ1) is 10.0. The third kappa shape index (κ3) is 3.48. The Morgan fingerprint density at radius 3 is 2.71 bits per heavy atom. The van der Waals surface area contributed by atoms with Crippen molar-refractivity contribution < 1.29 is 19.2 Å². The molecule has 0 saturated carbocycles. The molecule has 0 fully saturated rings. The van der Waals surface area contributed by atoms with Crippen LogP contribution in [-0.4, -0.2) is 10.0 Å². The van der Waals surface area contributed by atoms with Crippen molar-refractivity contribution >= 4 is 17.3 Å². The van der Waals surface area contributed by atoms with E-state index in [2.05, 4.69) is 0 Å². The molecule has 1 N–H and O–H groups in total. The van der Waals surface area contributed by atoms with Crippen LogP contribution in [-0.2, 0) is 13.2 Å². The van der Waals surface area contributed by atoms with Crippen LogP contribution in [0.5, 0.6) is 5.75 Å². The maximum absolute atomic E-state index is 13.9. The SMILES string of the molecule is O=[N+]([O-])c1cccc(COc2ccc(Cl)cc2CO)c1F. The van der Waals surface area contributed by atoms with Crippen LogP contribution in [0.1, 0.15) is 11.1 Å². The first-order valence-electron chi connectivity index (χ1n) is 5.96. The molecule has 110 valence electrons. The van der Waals surface area contributed by atoms with Gasteiger partial charge in [-0.3, -0.25) is 10.1 Å². The number of aliphatic hydroxyl groups excluding tert-OH is 1. The van der Waals surface area contributed by atoms with Gasteiger partial charge >= 0.3 is 5.69 Å². The van der Waals surface area contributed by atoms with Gasteiger partial charge in [-0.25, -0.2) is 0 Å². The van der Waals surface area contributed by atoms with Gasteiger partial charge in [0.1, 0.15) is 12.4 Å². The van der Waals surface area contributed by atoms with Crippen molar-refractivity contribution in [1.82, 2.24) is 0 Å². The van der Waals surface area contributed by atoms with Crippen LogP contribution in [0.3, 0.4) is 0 Å². The smallest absolute Gasteiger partial charge is 0.305 e. The van der Waals surface area contributed by atoms with Gasteiger partial charge in [0.05, 0.1) is 11.5 Å². The molecular formula is C14H11ClFNO4. The van der Waals surface area contributed by atoms with Crippen LogP contribution in [0.4, 0.5) is 10.1 Å². The van der Waals surface area contributed by atoms with E-state index in [1.807, 2.05) is 0 Å². The van der Waals surface area contributed by atoms with Crippen LogP contribution in [0.25, 0.3) is 0 Å². The minimum atomic E-state index is -0.929. The molecule has 2 aromatic rings. The number of benzene rings is 2. The molecule has 0 heterocycles. The predicted molar refractivity (Wildman–Crippen MR) is 74.8 cm³/mol. The minimum Gasteiger partial charge on any atom is -0.488 e. The fourth-order valence-electron chi connectivity index (χ4n) is 1.79. The van der Waals surface area contributed by atoms with E-state index in [1.54, 1.807) is 12.1 Å². The average Bonchev–Trinajstić information content (AvgIpc) is 2.46. The molecule has 0 atom stereocenters. The Hall–Kier alpha value is -2.18. The summed E-state index contributed by atoms with van der Waals surface area (Å²) in [6, 6.07) is 8.51. The molecule has 7 heteroatoms. The van der Waals surface area contributed by atoms with Crippen molar-refractivity contribution in [1.29, 1.82) is 0 Å². The maximum atomic E-state index is 13.9. The summed E-state index contributed by atoms with van der Waals surface area (Å²) in [6.07, 6.45) is 0. The van der Waals surface area contributed by atoms with Crippen molar-refractivity contribution in [3.63, 3.8) is 0 Å². The van der Waals surface area contributed by atoms with Crippen LogP contribution in [0, 0.1) is 15.9 Å². The maximum Gasteiger partial charge on any atom is 0.305 e. The van der Waals surface area contributed by atoms with Crippen molar-refractivity contribution in [2.45, 2.75) is 13.2 Å². The summed E-state index contributed by atoms with van der Waals surface area (Å²) in [5.74, 6) is -0.588. The normalized spacial score (nSPS) is 10.4. The summed E-state index contributed by atoms with van der Waals surface area (Å²) in [5.41, 5.74) is -0.0917. The molecule has 21 heavy (non-hydrogen) atoms. The molecule has 0 aromatic heterocycles. The monoisotopic (exact) mass is 311 g/mol. The van der Waals surface area contributed by atoms with E-state index in [0.29, 0.717) is 16.3 Å². The second-order valence-corrected chi connectivity index (χ2v) is 4.64. The van der Waals surface area contributed by atoms with E-state index in [-0.39, 0.29) is 18.8 Å². The third-order valence-electron chi connectivity index (χ3n) is 2.83. The molecule has 0 amide bonds. The Labute approximate surface area is 124 Å². The summed E-state index contributed by atoms with van der Waals surface area (Å²) in [6.45, 7) is -0.477. The van der Waals surface area contributed by atoms with E-state index in [0.717, 1.165) is 6.07 Å². The van der Waals surface area contributed by atoms with E-state index in [4.69, 9.17) is 16.3 Å². The highest BCUT2D eigenvalue weighted by Gasteiger charge is 2.17. The molecule has 5 nitrogen and oxygen atoms in total. The zero-order valence-electron chi connectivity index (χ0n) is 10.8. The molecule has 0 aliphatic carbocycles. The highest BCUT2D eigenvalue weighted by atomic mass is 35.5. The second-order valence-electron chi connectivity index (χ2n) is 4.21. The molecule has 0 aliphatic rings. The number of nitrogens with zero attached hydrogens (tertiary/aromatic N) is 1. The largest absolute Gasteiger partial charge is 0.488 e. The van der Waals surface area contributed by atoms with Crippen LogP contribution >= 0.6 is 11.6 Å². The summed E-state index contributed by atoms with van der Waals surface area (Å²) in [7, 11) is 0. The molecular weight excluding hydrogens is 301 g/mol. The fraction of sp³-hybridized carbons (Fsp3) is 0.143. The number of halogens is 2. The minimum absolute atomic E-state index is 0.0584. The lowest BCUT2D eigenvalue weighted by Crippen LogP contribution is -2.03. The topological polar surface area (TPSA) is 72.6 Å². The Bertz CT molecular complexity index is 678. The second kappa shape index (κ2) is 6.51. The number of nitro benzene ring substituents is 1. The number of ether oxygens (including phenoxy) is 1. The van der Waals surface area contributed by atoms with Crippen molar-refractivity contribution in [3.05, 3.63) is 68.5 Å². The molecule has 0 saturated heterocycles. The average molecular weight is 312 g/mol. The van der Waals surface area contributed by atoms with Gasteiger partial charge in [0.25, 0.3) is 0 Å². The molecule has 0 spiro atoms. The van der Waals surface area contributed by atoms with Crippen molar-refractivity contribution in [2.75, 3.05) is 0 Å². The number of nitro groups is 1.